The number of hydrogen-bond acceptors (Lipinski definition) is 4. The van der Waals surface area contributed by atoms with E-state index in [1.165, 1.54) is 6.92 Å². The van der Waals surface area contributed by atoms with Gasteiger partial charge in [0.1, 0.15) is 0 Å². The Balaban J connectivity index is 2.50. The van der Waals surface area contributed by atoms with Crippen molar-refractivity contribution in [3.63, 3.8) is 0 Å². The maximum atomic E-state index is 12.1. The number of rotatable bonds is 2. The first-order valence-electron chi connectivity index (χ1n) is 5.02. The Labute approximate surface area is 96.8 Å². The van der Waals surface area contributed by atoms with Gasteiger partial charge in [-0.1, -0.05) is 12.1 Å². The van der Waals surface area contributed by atoms with Crippen LogP contribution in [0, 0.1) is 15.5 Å². The summed E-state index contributed by atoms with van der Waals surface area (Å²) in [5, 5.41) is 13.1. The second kappa shape index (κ2) is 3.65. The minimum absolute atomic E-state index is 0.316. The number of nitrogens with zero attached hydrogens (tertiary/aromatic N) is 1. The van der Waals surface area contributed by atoms with E-state index >= 15 is 0 Å². The number of fused-ring (bicyclic) bond motifs is 1. The lowest BCUT2D eigenvalue weighted by Gasteiger charge is -2.28. The molecule has 6 heteroatoms. The van der Waals surface area contributed by atoms with Crippen molar-refractivity contribution in [1.29, 1.82) is 0 Å². The Kier molecular flexibility index (Phi) is 2.42. The smallest absolute Gasteiger partial charge is 0.244 e. The first-order valence-corrected chi connectivity index (χ1v) is 5.02. The van der Waals surface area contributed by atoms with Crippen molar-refractivity contribution in [2.45, 2.75) is 6.92 Å². The Hall–Kier alpha value is -2.24. The zero-order valence-corrected chi connectivity index (χ0v) is 9.10. The van der Waals surface area contributed by atoms with Gasteiger partial charge in [0.05, 0.1) is 5.69 Å². The monoisotopic (exact) mass is 234 g/mol. The van der Waals surface area contributed by atoms with Gasteiger partial charge < -0.3 is 5.32 Å². The summed E-state index contributed by atoms with van der Waals surface area (Å²) >= 11 is 0. The molecule has 1 aromatic rings. The summed E-state index contributed by atoms with van der Waals surface area (Å²) in [4.78, 5) is 33.8. The van der Waals surface area contributed by atoms with Gasteiger partial charge in [-0.05, 0) is 19.1 Å². The highest BCUT2D eigenvalue weighted by Crippen LogP contribution is 2.33. The lowest BCUT2D eigenvalue weighted by molar-refractivity contribution is -0.489. The number of para-hydroxylation sites is 1. The lowest BCUT2D eigenvalue weighted by Crippen LogP contribution is -2.49. The van der Waals surface area contributed by atoms with E-state index in [2.05, 4.69) is 5.32 Å². The van der Waals surface area contributed by atoms with Crippen LogP contribution in [0.1, 0.15) is 17.3 Å². The van der Waals surface area contributed by atoms with Crippen molar-refractivity contribution in [2.75, 3.05) is 11.9 Å². The molecule has 1 aliphatic rings. The third-order valence-electron chi connectivity index (χ3n) is 2.87. The highest BCUT2D eigenvalue weighted by molar-refractivity contribution is 6.23. The fraction of sp³-hybridized carbons (Fsp3) is 0.273. The molecule has 0 aliphatic carbocycles. The van der Waals surface area contributed by atoms with E-state index in [9.17, 15) is 19.7 Å². The first-order chi connectivity index (χ1) is 7.95. The lowest BCUT2D eigenvalue weighted by atomic mass is 9.78. The third-order valence-corrected chi connectivity index (χ3v) is 2.87. The molecule has 88 valence electrons. The molecular formula is C11H10N2O4. The molecule has 0 spiro atoms. The number of carbonyl (C=O) groups is 2. The molecule has 0 bridgehead atoms. The Bertz CT molecular complexity index is 526. The van der Waals surface area contributed by atoms with E-state index in [0.29, 0.717) is 11.3 Å². The molecule has 1 amide bonds. The second-order valence-corrected chi connectivity index (χ2v) is 4.15. The van der Waals surface area contributed by atoms with Gasteiger partial charge >= 0.3 is 0 Å². The highest BCUT2D eigenvalue weighted by Gasteiger charge is 2.49. The van der Waals surface area contributed by atoms with Crippen LogP contribution in [0.3, 0.4) is 0 Å². The normalized spacial score (nSPS) is 22.9. The molecule has 17 heavy (non-hydrogen) atoms. The van der Waals surface area contributed by atoms with Crippen LogP contribution < -0.4 is 5.32 Å². The van der Waals surface area contributed by atoms with Gasteiger partial charge in [0, 0.05) is 10.5 Å². The fourth-order valence-electron chi connectivity index (χ4n) is 1.85. The third kappa shape index (κ3) is 1.67. The standard InChI is InChI=1S/C11H10N2O4/c1-11(6-13(16)17)9(14)7-4-2-3-5-8(7)12-10(11)15/h2-5H,6H2,1H3,(H,12,15)/t11-/m1/s1. The number of ketones is 1. The number of benzene rings is 1. The van der Waals surface area contributed by atoms with Crippen molar-refractivity contribution >= 4 is 17.4 Å². The maximum absolute atomic E-state index is 12.1. The van der Waals surface area contributed by atoms with Gasteiger partial charge in [0.25, 0.3) is 0 Å². The average molecular weight is 234 g/mol. The van der Waals surface area contributed by atoms with E-state index in [1.54, 1.807) is 24.3 Å². The minimum Gasteiger partial charge on any atom is -0.324 e. The van der Waals surface area contributed by atoms with Crippen molar-refractivity contribution in [2.24, 2.45) is 5.41 Å². The summed E-state index contributed by atoms with van der Waals surface area (Å²) in [7, 11) is 0. The van der Waals surface area contributed by atoms with Crippen LogP contribution in [0.15, 0.2) is 24.3 Å². The second-order valence-electron chi connectivity index (χ2n) is 4.15. The molecule has 1 aliphatic heterocycles. The van der Waals surface area contributed by atoms with E-state index in [-0.39, 0.29) is 0 Å². The van der Waals surface area contributed by atoms with Gasteiger partial charge in [-0.2, -0.15) is 0 Å². The number of amides is 1. The highest BCUT2D eigenvalue weighted by atomic mass is 16.6. The minimum atomic E-state index is -1.63. The molecular weight excluding hydrogens is 224 g/mol. The van der Waals surface area contributed by atoms with Crippen LogP contribution in [0.25, 0.3) is 0 Å². The number of anilines is 1. The molecule has 1 N–H and O–H groups in total. The topological polar surface area (TPSA) is 89.3 Å². The molecule has 2 rings (SSSR count). The van der Waals surface area contributed by atoms with Gasteiger partial charge in [0.2, 0.25) is 12.5 Å². The molecule has 0 saturated heterocycles. The van der Waals surface area contributed by atoms with Crippen molar-refractivity contribution in [3.8, 4) is 0 Å². The Morgan fingerprint density at radius 3 is 2.65 bits per heavy atom. The van der Waals surface area contributed by atoms with Gasteiger partial charge in [-0.25, -0.2) is 0 Å². The molecule has 1 aromatic carbocycles. The fourth-order valence-corrected chi connectivity index (χ4v) is 1.85. The molecule has 6 nitrogen and oxygen atoms in total. The predicted molar refractivity (Wildman–Crippen MR) is 59.4 cm³/mol. The summed E-state index contributed by atoms with van der Waals surface area (Å²) in [5.74, 6) is -1.13. The summed E-state index contributed by atoms with van der Waals surface area (Å²) in [6.07, 6.45) is 0. The van der Waals surface area contributed by atoms with E-state index in [4.69, 9.17) is 0 Å². The summed E-state index contributed by atoms with van der Waals surface area (Å²) in [6.45, 7) is 0.593. The van der Waals surface area contributed by atoms with Crippen molar-refractivity contribution in [3.05, 3.63) is 39.9 Å². The largest absolute Gasteiger partial charge is 0.324 e. The molecule has 0 radical (unpaired) electrons. The summed E-state index contributed by atoms with van der Waals surface area (Å²) in [6, 6.07) is 6.48. The van der Waals surface area contributed by atoms with Crippen LogP contribution in [-0.4, -0.2) is 23.2 Å². The molecule has 1 atom stereocenters. The van der Waals surface area contributed by atoms with E-state index in [0.717, 1.165) is 0 Å². The van der Waals surface area contributed by atoms with Crippen LogP contribution in [-0.2, 0) is 4.79 Å². The van der Waals surface area contributed by atoms with E-state index in [1.807, 2.05) is 0 Å². The number of nitro groups is 1. The van der Waals surface area contributed by atoms with Crippen molar-refractivity contribution < 1.29 is 14.5 Å². The molecule has 0 saturated carbocycles. The average Bonchev–Trinajstić information content (AvgIpc) is 2.26. The molecule has 0 unspecified atom stereocenters. The van der Waals surface area contributed by atoms with Gasteiger partial charge in [-0.3, -0.25) is 19.7 Å². The van der Waals surface area contributed by atoms with Crippen LogP contribution in [0.2, 0.25) is 0 Å². The number of nitrogens with one attached hydrogen (secondary N) is 1. The Morgan fingerprint density at radius 1 is 1.35 bits per heavy atom. The van der Waals surface area contributed by atoms with Crippen LogP contribution in [0.5, 0.6) is 0 Å². The van der Waals surface area contributed by atoms with Crippen LogP contribution >= 0.6 is 0 Å². The van der Waals surface area contributed by atoms with Gasteiger partial charge in [-0.15, -0.1) is 0 Å². The van der Waals surface area contributed by atoms with Gasteiger partial charge in [0.15, 0.2) is 11.2 Å². The molecule has 1 heterocycles. The van der Waals surface area contributed by atoms with Crippen LogP contribution in [0.4, 0.5) is 5.69 Å². The SMILES string of the molecule is C[C@]1(C[N+](=O)[O-])C(=O)Nc2ccccc2C1=O. The molecule has 0 fully saturated rings. The molecule has 0 aromatic heterocycles. The van der Waals surface area contributed by atoms with Crippen molar-refractivity contribution in [1.82, 2.24) is 0 Å². The first kappa shape index (κ1) is 11.3. The number of hydrogen-bond donors (Lipinski definition) is 1. The van der Waals surface area contributed by atoms with E-state index < -0.39 is 28.6 Å². The predicted octanol–water partition coefficient (Wildman–Crippen LogP) is 1.10. The Morgan fingerprint density at radius 2 is 2.00 bits per heavy atom. The maximum Gasteiger partial charge on any atom is 0.244 e. The zero-order valence-electron chi connectivity index (χ0n) is 9.10. The quantitative estimate of drug-likeness (QED) is 0.471. The number of Topliss-reactive ketones (excluding diaryl/α,β-unsaturated/α-hetero) is 1. The summed E-state index contributed by atoms with van der Waals surface area (Å²) < 4.78 is 0. The summed E-state index contributed by atoms with van der Waals surface area (Å²) in [5.41, 5.74) is -0.905. The zero-order chi connectivity index (χ0) is 12.6. The number of carbonyl (C=O) groups excluding carboxylic acids is 2.